The molecule has 18 heavy (non-hydrogen) atoms. The summed E-state index contributed by atoms with van der Waals surface area (Å²) in [5.41, 5.74) is 0.585. The third kappa shape index (κ3) is 2.27. The van der Waals surface area contributed by atoms with Crippen LogP contribution in [-0.4, -0.2) is 35.4 Å². The van der Waals surface area contributed by atoms with Gasteiger partial charge < -0.3 is 9.47 Å². The molecule has 0 bridgehead atoms. The van der Waals surface area contributed by atoms with E-state index in [1.54, 1.807) is 18.0 Å². The zero-order valence-corrected chi connectivity index (χ0v) is 11.2. The second-order valence-electron chi connectivity index (χ2n) is 4.62. The lowest BCUT2D eigenvalue weighted by Gasteiger charge is -2.14. The molecule has 2 rings (SSSR count). The summed E-state index contributed by atoms with van der Waals surface area (Å²) in [4.78, 5) is 12.6. The lowest BCUT2D eigenvalue weighted by atomic mass is 9.95. The molecule has 100 valence electrons. The predicted molar refractivity (Wildman–Crippen MR) is 66.9 cm³/mol. The number of aryl methyl sites for hydroxylation is 1. The van der Waals surface area contributed by atoms with Crippen LogP contribution in [0.5, 0.6) is 5.75 Å². The highest BCUT2D eigenvalue weighted by molar-refractivity contribution is 5.99. The average molecular weight is 252 g/mol. The van der Waals surface area contributed by atoms with Gasteiger partial charge in [-0.1, -0.05) is 6.92 Å². The van der Waals surface area contributed by atoms with Crippen molar-refractivity contribution in [3.05, 3.63) is 11.9 Å². The molecule has 0 spiro atoms. The number of Topliss-reactive ketones (excluding diaryl/α,β-unsaturated/α-hetero) is 1. The number of ketones is 1. The van der Waals surface area contributed by atoms with Crippen LogP contribution in [0.3, 0.4) is 0 Å². The molecular formula is C13H20N2O3. The van der Waals surface area contributed by atoms with Gasteiger partial charge in [-0.3, -0.25) is 9.48 Å². The maximum absolute atomic E-state index is 12.6. The first-order chi connectivity index (χ1) is 8.69. The first kappa shape index (κ1) is 13.1. The van der Waals surface area contributed by atoms with Crippen LogP contribution in [0.1, 0.15) is 37.2 Å². The van der Waals surface area contributed by atoms with Crippen molar-refractivity contribution in [1.29, 1.82) is 0 Å². The molecule has 0 amide bonds. The Morgan fingerprint density at radius 3 is 3.00 bits per heavy atom. The highest BCUT2D eigenvalue weighted by atomic mass is 16.5. The van der Waals surface area contributed by atoms with E-state index in [1.807, 2.05) is 6.92 Å². The first-order valence-corrected chi connectivity index (χ1v) is 6.44. The summed E-state index contributed by atoms with van der Waals surface area (Å²) in [6, 6.07) is 0. The van der Waals surface area contributed by atoms with Gasteiger partial charge in [0, 0.05) is 13.2 Å². The highest BCUT2D eigenvalue weighted by Gasteiger charge is 2.34. The molecule has 0 aliphatic carbocycles. The second kappa shape index (κ2) is 5.52. The van der Waals surface area contributed by atoms with Crippen LogP contribution in [0.4, 0.5) is 0 Å². The van der Waals surface area contributed by atoms with Crippen molar-refractivity contribution < 1.29 is 14.3 Å². The smallest absolute Gasteiger partial charge is 0.190 e. The van der Waals surface area contributed by atoms with E-state index in [-0.39, 0.29) is 17.8 Å². The SMILES string of the molecule is CCCn1ncc(OC)c1C(=O)C1CCOC1C. The number of methoxy groups -OCH3 is 1. The topological polar surface area (TPSA) is 53.4 Å². The lowest BCUT2D eigenvalue weighted by molar-refractivity contribution is 0.0752. The molecule has 1 aliphatic rings. The van der Waals surface area contributed by atoms with Gasteiger partial charge in [-0.15, -0.1) is 0 Å². The standard InChI is InChI=1S/C13H20N2O3/c1-4-6-15-12(11(17-3)8-14-15)13(16)10-5-7-18-9(10)2/h8-10H,4-7H2,1-3H3. The summed E-state index contributed by atoms with van der Waals surface area (Å²) in [6.07, 6.45) is 3.30. The Morgan fingerprint density at radius 2 is 2.44 bits per heavy atom. The number of carbonyl (C=O) groups is 1. The van der Waals surface area contributed by atoms with E-state index >= 15 is 0 Å². The van der Waals surface area contributed by atoms with Crippen molar-refractivity contribution >= 4 is 5.78 Å². The summed E-state index contributed by atoms with van der Waals surface area (Å²) in [6.45, 7) is 5.39. The molecule has 2 atom stereocenters. The van der Waals surface area contributed by atoms with Crippen molar-refractivity contribution in [2.24, 2.45) is 5.92 Å². The Bertz CT molecular complexity index is 428. The highest BCUT2D eigenvalue weighted by Crippen LogP contribution is 2.28. The van der Waals surface area contributed by atoms with Crippen LogP contribution < -0.4 is 4.74 Å². The molecule has 5 heteroatoms. The minimum Gasteiger partial charge on any atom is -0.493 e. The Hall–Kier alpha value is -1.36. The zero-order valence-electron chi connectivity index (χ0n) is 11.2. The van der Waals surface area contributed by atoms with E-state index in [1.165, 1.54) is 0 Å². The van der Waals surface area contributed by atoms with E-state index in [2.05, 4.69) is 12.0 Å². The van der Waals surface area contributed by atoms with E-state index in [4.69, 9.17) is 9.47 Å². The van der Waals surface area contributed by atoms with E-state index in [0.717, 1.165) is 19.4 Å². The van der Waals surface area contributed by atoms with Crippen LogP contribution in [0.25, 0.3) is 0 Å². The average Bonchev–Trinajstić information content (AvgIpc) is 2.95. The van der Waals surface area contributed by atoms with Crippen molar-refractivity contribution in [3.63, 3.8) is 0 Å². The van der Waals surface area contributed by atoms with Crippen LogP contribution in [0.2, 0.25) is 0 Å². The number of rotatable bonds is 5. The van der Waals surface area contributed by atoms with Crippen LogP contribution in [0.15, 0.2) is 6.20 Å². The molecule has 5 nitrogen and oxygen atoms in total. The monoisotopic (exact) mass is 252 g/mol. The zero-order chi connectivity index (χ0) is 13.1. The quantitative estimate of drug-likeness (QED) is 0.751. The van der Waals surface area contributed by atoms with Crippen molar-refractivity contribution in [1.82, 2.24) is 9.78 Å². The van der Waals surface area contributed by atoms with Crippen molar-refractivity contribution in [3.8, 4) is 5.75 Å². The third-order valence-corrected chi connectivity index (χ3v) is 3.41. The fourth-order valence-electron chi connectivity index (χ4n) is 2.40. The number of ether oxygens (including phenoxy) is 2. The molecular weight excluding hydrogens is 232 g/mol. The van der Waals surface area contributed by atoms with Gasteiger partial charge in [-0.2, -0.15) is 5.10 Å². The largest absolute Gasteiger partial charge is 0.493 e. The Balaban J connectivity index is 2.30. The van der Waals surface area contributed by atoms with Gasteiger partial charge in [0.05, 0.1) is 25.3 Å². The summed E-state index contributed by atoms with van der Waals surface area (Å²) < 4.78 is 12.5. The molecule has 1 aliphatic heterocycles. The Morgan fingerprint density at radius 1 is 1.67 bits per heavy atom. The molecule has 1 fully saturated rings. The van der Waals surface area contributed by atoms with E-state index in [0.29, 0.717) is 18.1 Å². The van der Waals surface area contributed by atoms with Gasteiger partial charge in [0.15, 0.2) is 11.5 Å². The van der Waals surface area contributed by atoms with Crippen molar-refractivity contribution in [2.45, 2.75) is 39.3 Å². The molecule has 1 aromatic heterocycles. The number of hydrogen-bond donors (Lipinski definition) is 0. The number of carbonyl (C=O) groups excluding carboxylic acids is 1. The van der Waals surface area contributed by atoms with Gasteiger partial charge in [0.2, 0.25) is 0 Å². The number of aromatic nitrogens is 2. The molecule has 0 N–H and O–H groups in total. The molecule has 0 saturated carbocycles. The van der Waals surface area contributed by atoms with Crippen LogP contribution >= 0.6 is 0 Å². The van der Waals surface area contributed by atoms with Gasteiger partial charge >= 0.3 is 0 Å². The minimum absolute atomic E-state index is 0.0211. The van der Waals surface area contributed by atoms with Crippen LogP contribution in [0, 0.1) is 5.92 Å². The fourth-order valence-corrected chi connectivity index (χ4v) is 2.40. The lowest BCUT2D eigenvalue weighted by Crippen LogP contribution is -2.25. The molecule has 0 aromatic carbocycles. The molecule has 0 radical (unpaired) electrons. The number of hydrogen-bond acceptors (Lipinski definition) is 4. The van der Waals surface area contributed by atoms with Gasteiger partial charge in [0.1, 0.15) is 5.69 Å². The molecule has 2 unspecified atom stereocenters. The molecule has 2 heterocycles. The minimum atomic E-state index is -0.0776. The predicted octanol–water partition coefficient (Wildman–Crippen LogP) is 1.91. The fraction of sp³-hybridized carbons (Fsp3) is 0.692. The molecule has 1 saturated heterocycles. The molecule has 1 aromatic rings. The third-order valence-electron chi connectivity index (χ3n) is 3.41. The van der Waals surface area contributed by atoms with Gasteiger partial charge in [-0.05, 0) is 19.8 Å². The van der Waals surface area contributed by atoms with Gasteiger partial charge in [-0.25, -0.2) is 0 Å². The Labute approximate surface area is 107 Å². The summed E-state index contributed by atoms with van der Waals surface area (Å²) >= 11 is 0. The normalized spacial score (nSPS) is 23.3. The maximum Gasteiger partial charge on any atom is 0.190 e. The maximum atomic E-state index is 12.6. The van der Waals surface area contributed by atoms with Gasteiger partial charge in [0.25, 0.3) is 0 Å². The summed E-state index contributed by atoms with van der Waals surface area (Å²) in [5.74, 6) is 0.571. The Kier molecular flexibility index (Phi) is 4.01. The summed E-state index contributed by atoms with van der Waals surface area (Å²) in [5, 5.41) is 4.22. The van der Waals surface area contributed by atoms with Crippen LogP contribution in [-0.2, 0) is 11.3 Å². The van der Waals surface area contributed by atoms with Crippen molar-refractivity contribution in [2.75, 3.05) is 13.7 Å². The second-order valence-corrected chi connectivity index (χ2v) is 4.62. The first-order valence-electron chi connectivity index (χ1n) is 6.44. The summed E-state index contributed by atoms with van der Waals surface area (Å²) in [7, 11) is 1.57. The number of nitrogens with zero attached hydrogens (tertiary/aromatic N) is 2. The van der Waals surface area contributed by atoms with E-state index < -0.39 is 0 Å². The van der Waals surface area contributed by atoms with E-state index in [9.17, 15) is 4.79 Å².